The van der Waals surface area contributed by atoms with E-state index in [2.05, 4.69) is 0 Å². The summed E-state index contributed by atoms with van der Waals surface area (Å²) < 4.78 is 16.4. The lowest BCUT2D eigenvalue weighted by atomic mass is 10.0. The lowest BCUT2D eigenvalue weighted by Gasteiger charge is -2.15. The molecule has 0 radical (unpaired) electrons. The lowest BCUT2D eigenvalue weighted by Crippen LogP contribution is -3.10. The molecule has 144 valence electrons. The molecule has 2 aliphatic heterocycles. The lowest BCUT2D eigenvalue weighted by molar-refractivity contribution is -0.899. The average molecular weight is 390 g/mol. The number of nitrogens with one attached hydrogen (secondary N) is 1. The molecule has 2 aromatic carbocycles. The highest BCUT2D eigenvalue weighted by atomic mass is 16.7. The number of carbonyl (C=O) groups is 1. The first-order valence-corrected chi connectivity index (χ1v) is 8.87. The largest absolute Gasteiger partial charge is 0.507 e. The summed E-state index contributed by atoms with van der Waals surface area (Å²) in [5.74, 6) is 1.26. The average Bonchev–Trinajstić information content (AvgIpc) is 3.29. The molecule has 0 spiro atoms. The Morgan fingerprint density at radius 2 is 1.86 bits per heavy atom. The van der Waals surface area contributed by atoms with E-state index in [-0.39, 0.29) is 49.5 Å². The minimum atomic E-state index is -0.305. The third kappa shape index (κ3) is 3.45. The van der Waals surface area contributed by atoms with Gasteiger partial charge in [-0.1, -0.05) is 6.07 Å². The molecule has 0 fully saturated rings. The summed E-state index contributed by atoms with van der Waals surface area (Å²) >= 11 is 0. The van der Waals surface area contributed by atoms with Crippen molar-refractivity contribution in [1.82, 2.24) is 0 Å². The van der Waals surface area contributed by atoms with Gasteiger partial charge in [0.25, 0.3) is 0 Å². The van der Waals surface area contributed by atoms with Gasteiger partial charge in [0.2, 0.25) is 12.6 Å². The number of rotatable bonds is 5. The second kappa shape index (κ2) is 7.55. The highest BCUT2D eigenvalue weighted by molar-refractivity contribution is 6.15. The van der Waals surface area contributed by atoms with Crippen LogP contribution in [0.3, 0.4) is 0 Å². The Bertz CT molecular complexity index is 1090. The molecule has 0 aliphatic carbocycles. The minimum Gasteiger partial charge on any atom is -0.507 e. The van der Waals surface area contributed by atoms with Gasteiger partial charge in [-0.05, 0) is 35.9 Å². The van der Waals surface area contributed by atoms with Crippen molar-refractivity contribution in [2.24, 2.45) is 0 Å². The van der Waals surface area contributed by atoms with Crippen molar-refractivity contribution in [3.63, 3.8) is 0 Å². The molecule has 0 aromatic heterocycles. The summed E-state index contributed by atoms with van der Waals surface area (Å²) in [6.07, 6.45) is 1.60. The summed E-state index contributed by atoms with van der Waals surface area (Å²) in [5.41, 5.74) is 1.43. The number of benzene rings is 2. The van der Waals surface area contributed by atoms with E-state index in [4.69, 9.17) is 24.7 Å². The molecule has 8 heteroatoms. The third-order valence-electron chi connectivity index (χ3n) is 4.70. The van der Waals surface area contributed by atoms with Crippen molar-refractivity contribution in [2.75, 3.05) is 19.9 Å². The van der Waals surface area contributed by atoms with Crippen molar-refractivity contribution < 1.29 is 29.0 Å². The molecule has 0 unspecified atom stereocenters. The molecule has 2 N–H and O–H groups in total. The van der Waals surface area contributed by atoms with Crippen LogP contribution in [0.4, 0.5) is 0 Å². The zero-order valence-corrected chi connectivity index (χ0v) is 15.3. The number of ether oxygens (including phenoxy) is 3. The number of hydrogen-bond donors (Lipinski definition) is 2. The van der Waals surface area contributed by atoms with Gasteiger partial charge < -0.3 is 24.2 Å². The van der Waals surface area contributed by atoms with Crippen LogP contribution in [0.2, 0.25) is 0 Å². The maximum atomic E-state index is 12.8. The van der Waals surface area contributed by atoms with E-state index < -0.39 is 0 Å². The summed E-state index contributed by atoms with van der Waals surface area (Å²) in [6, 6.07) is 12.3. The van der Waals surface area contributed by atoms with Crippen molar-refractivity contribution in [3.8, 4) is 35.1 Å². The predicted molar refractivity (Wildman–Crippen MR) is 99.2 cm³/mol. The number of phenolic OH excluding ortho intramolecular Hbond substituents is 1. The number of hydrogen-bond acceptors (Lipinski definition) is 7. The quantitative estimate of drug-likeness (QED) is 0.581. The number of phenols is 1. The van der Waals surface area contributed by atoms with E-state index >= 15 is 0 Å². The molecule has 8 nitrogen and oxygen atoms in total. The van der Waals surface area contributed by atoms with Gasteiger partial charge in [0.15, 0.2) is 36.1 Å². The molecule has 4 rings (SSSR count). The molecule has 2 aromatic rings. The first kappa shape index (κ1) is 18.4. The van der Waals surface area contributed by atoms with Gasteiger partial charge in [-0.2, -0.15) is 10.5 Å². The fraction of sp³-hybridized carbons (Fsp3) is 0.190. The second-order valence-electron chi connectivity index (χ2n) is 6.59. The Balaban J connectivity index is 1.66. The molecule has 0 atom stereocenters. The molecule has 0 saturated carbocycles. The zero-order valence-electron chi connectivity index (χ0n) is 15.3. The number of ketones is 1. The first-order chi connectivity index (χ1) is 14.1. The molecule has 0 bridgehead atoms. The summed E-state index contributed by atoms with van der Waals surface area (Å²) in [5, 5.41) is 28.2. The molecule has 0 saturated heterocycles. The molecule has 0 amide bonds. The normalized spacial score (nSPS) is 15.1. The van der Waals surface area contributed by atoms with E-state index in [1.54, 1.807) is 24.3 Å². The molecule has 29 heavy (non-hydrogen) atoms. The van der Waals surface area contributed by atoms with Crippen molar-refractivity contribution in [3.05, 3.63) is 52.8 Å². The Kier molecular flexibility index (Phi) is 4.78. The number of carbonyl (C=O) groups excluding carboxylic acids is 1. The van der Waals surface area contributed by atoms with E-state index in [1.165, 1.54) is 12.1 Å². The van der Waals surface area contributed by atoms with Crippen LogP contribution in [0.5, 0.6) is 23.0 Å². The van der Waals surface area contributed by atoms with E-state index in [1.807, 2.05) is 12.1 Å². The van der Waals surface area contributed by atoms with E-state index in [0.717, 1.165) is 0 Å². The highest BCUT2D eigenvalue weighted by Gasteiger charge is 2.32. The Hall–Kier alpha value is -4.01. The maximum Gasteiger partial charge on any atom is 0.231 e. The molecular weight excluding hydrogens is 374 g/mol. The van der Waals surface area contributed by atoms with Crippen LogP contribution in [0.25, 0.3) is 6.08 Å². The number of fused-ring (bicyclic) bond motifs is 2. The van der Waals surface area contributed by atoms with E-state index in [0.29, 0.717) is 33.1 Å². The number of nitriles is 2. The predicted octanol–water partition coefficient (Wildman–Crippen LogP) is 1.17. The summed E-state index contributed by atoms with van der Waals surface area (Å²) in [6.45, 7) is 0.513. The Morgan fingerprint density at radius 1 is 1.10 bits per heavy atom. The monoisotopic (exact) mass is 390 g/mol. The molecule has 2 aliphatic rings. The highest BCUT2D eigenvalue weighted by Crippen LogP contribution is 2.40. The minimum absolute atomic E-state index is 0.0470. The fourth-order valence-electron chi connectivity index (χ4n) is 3.28. The van der Waals surface area contributed by atoms with E-state index in [9.17, 15) is 9.90 Å². The summed E-state index contributed by atoms with van der Waals surface area (Å²) in [7, 11) is 0. The van der Waals surface area contributed by atoms with Crippen LogP contribution in [-0.2, 0) is 6.54 Å². The first-order valence-electron chi connectivity index (χ1n) is 8.87. The second-order valence-corrected chi connectivity index (χ2v) is 6.59. The zero-order chi connectivity index (χ0) is 20.4. The number of Topliss-reactive ketones (excluding diaryl/α,β-unsaturated/α-hetero) is 1. The van der Waals surface area contributed by atoms with Crippen LogP contribution < -0.4 is 19.1 Å². The molecular formula is C21H16N3O5+. The van der Waals surface area contributed by atoms with Crippen LogP contribution >= 0.6 is 0 Å². The van der Waals surface area contributed by atoms with Crippen molar-refractivity contribution in [1.29, 1.82) is 10.5 Å². The van der Waals surface area contributed by atoms with Crippen molar-refractivity contribution in [2.45, 2.75) is 6.54 Å². The van der Waals surface area contributed by atoms with Gasteiger partial charge in [-0.3, -0.25) is 4.79 Å². The molecule has 2 heterocycles. The smallest absolute Gasteiger partial charge is 0.231 e. The van der Waals surface area contributed by atoms with Gasteiger partial charge in [0.1, 0.15) is 24.4 Å². The standard InChI is InChI=1S/C21H15N3O5/c22-5-7-24(8-6-23)11-15-16(25)3-2-14-20(26)19(29-21(14)15)10-13-1-4-17-18(9-13)28-12-27-17/h1-4,9-10,25H,7-8,11-12H2/p+1/b19-10-. The van der Waals surface area contributed by atoms with Gasteiger partial charge in [-0.25, -0.2) is 0 Å². The maximum absolute atomic E-state index is 12.8. The van der Waals surface area contributed by atoms with Gasteiger partial charge >= 0.3 is 0 Å². The number of allylic oxidation sites excluding steroid dienone is 1. The topological polar surface area (TPSA) is 117 Å². The van der Waals surface area contributed by atoms with Gasteiger partial charge in [-0.15, -0.1) is 0 Å². The summed E-state index contributed by atoms with van der Waals surface area (Å²) in [4.78, 5) is 13.4. The van der Waals surface area contributed by atoms with Gasteiger partial charge in [0, 0.05) is 0 Å². The van der Waals surface area contributed by atoms with Crippen LogP contribution in [0, 0.1) is 22.7 Å². The Labute approximate surface area is 166 Å². The number of quaternary nitrogens is 1. The van der Waals surface area contributed by atoms with Crippen molar-refractivity contribution >= 4 is 11.9 Å². The Morgan fingerprint density at radius 3 is 2.62 bits per heavy atom. The van der Waals surface area contributed by atoms with Gasteiger partial charge in [0.05, 0.1) is 11.1 Å². The third-order valence-corrected chi connectivity index (χ3v) is 4.70. The SMILES string of the molecule is N#CC[NH+](CC#N)Cc1c(O)ccc2c1O/C(=C\c1ccc3c(c1)OCO3)C2=O. The van der Waals surface area contributed by atoms with Crippen LogP contribution in [-0.4, -0.2) is 30.8 Å². The fourth-order valence-corrected chi connectivity index (χ4v) is 3.28. The number of aromatic hydroxyl groups is 1. The van der Waals surface area contributed by atoms with Crippen LogP contribution in [0.15, 0.2) is 36.1 Å². The van der Waals surface area contributed by atoms with Crippen LogP contribution in [0.1, 0.15) is 21.5 Å². The number of nitrogens with zero attached hydrogens (tertiary/aromatic N) is 2.